The summed E-state index contributed by atoms with van der Waals surface area (Å²) in [6.45, 7) is 4.27. The van der Waals surface area contributed by atoms with Gasteiger partial charge >= 0.3 is 0 Å². The lowest BCUT2D eigenvalue weighted by atomic mass is 10.0. The molecule has 70 valence electrons. The molecule has 0 radical (unpaired) electrons. The zero-order chi connectivity index (χ0) is 9.84. The van der Waals surface area contributed by atoms with Gasteiger partial charge in [-0.15, -0.1) is 0 Å². The van der Waals surface area contributed by atoms with Crippen molar-refractivity contribution >= 4 is 5.84 Å². The van der Waals surface area contributed by atoms with E-state index in [4.69, 9.17) is 11.6 Å². The Morgan fingerprint density at radius 2 is 2.08 bits per heavy atom. The van der Waals surface area contributed by atoms with Crippen molar-refractivity contribution in [3.63, 3.8) is 0 Å². The zero-order valence-corrected chi connectivity index (χ0v) is 7.99. The second-order valence-electron chi connectivity index (χ2n) is 3.29. The van der Waals surface area contributed by atoms with Crippen LogP contribution in [0.1, 0.15) is 30.9 Å². The van der Waals surface area contributed by atoms with E-state index in [1.54, 1.807) is 0 Å². The number of hydrazone groups is 1. The highest BCUT2D eigenvalue weighted by Crippen LogP contribution is 2.15. The lowest BCUT2D eigenvalue weighted by molar-refractivity contribution is 0.866. The van der Waals surface area contributed by atoms with Gasteiger partial charge in [-0.3, -0.25) is 0 Å². The van der Waals surface area contributed by atoms with Gasteiger partial charge in [0, 0.05) is 5.56 Å². The van der Waals surface area contributed by atoms with E-state index < -0.39 is 0 Å². The maximum atomic E-state index is 5.59. The van der Waals surface area contributed by atoms with E-state index >= 15 is 0 Å². The SMILES string of the molecule is CC(C)c1cccc(/C(N)=N/N)c1. The van der Waals surface area contributed by atoms with Crippen molar-refractivity contribution in [2.24, 2.45) is 16.7 Å². The van der Waals surface area contributed by atoms with Crippen LogP contribution in [0.5, 0.6) is 0 Å². The molecule has 0 aromatic heterocycles. The Balaban J connectivity index is 3.05. The molecule has 3 nitrogen and oxygen atoms in total. The van der Waals surface area contributed by atoms with Gasteiger partial charge in [-0.1, -0.05) is 32.0 Å². The molecular formula is C10H15N3. The summed E-state index contributed by atoms with van der Waals surface area (Å²) in [7, 11) is 0. The molecule has 0 unspecified atom stereocenters. The van der Waals surface area contributed by atoms with Crippen LogP contribution in [0.3, 0.4) is 0 Å². The largest absolute Gasteiger partial charge is 0.382 e. The average Bonchev–Trinajstić information content (AvgIpc) is 2.17. The summed E-state index contributed by atoms with van der Waals surface area (Å²) in [5.74, 6) is 5.96. The lowest BCUT2D eigenvalue weighted by Gasteiger charge is -2.06. The second kappa shape index (κ2) is 3.94. The topological polar surface area (TPSA) is 64.4 Å². The third kappa shape index (κ3) is 2.21. The van der Waals surface area contributed by atoms with Crippen LogP contribution in [0.25, 0.3) is 0 Å². The fourth-order valence-electron chi connectivity index (χ4n) is 1.13. The third-order valence-electron chi connectivity index (χ3n) is 1.99. The van der Waals surface area contributed by atoms with Gasteiger partial charge in [0.1, 0.15) is 5.84 Å². The number of benzene rings is 1. The highest BCUT2D eigenvalue weighted by molar-refractivity contribution is 5.97. The standard InChI is InChI=1S/C10H15N3/c1-7(2)8-4-3-5-9(6-8)10(11)13-12/h3-7H,12H2,1-2H3,(H2,11,13). The van der Waals surface area contributed by atoms with Crippen LogP contribution in [-0.2, 0) is 0 Å². The molecule has 1 rings (SSSR count). The van der Waals surface area contributed by atoms with E-state index in [0.717, 1.165) is 5.56 Å². The maximum absolute atomic E-state index is 5.59. The molecule has 0 aliphatic carbocycles. The van der Waals surface area contributed by atoms with Crippen molar-refractivity contribution < 1.29 is 0 Å². The molecule has 3 heteroatoms. The summed E-state index contributed by atoms with van der Waals surface area (Å²) >= 11 is 0. The Morgan fingerprint density at radius 1 is 1.38 bits per heavy atom. The van der Waals surface area contributed by atoms with Crippen molar-refractivity contribution in [3.05, 3.63) is 35.4 Å². The Labute approximate surface area is 78.4 Å². The van der Waals surface area contributed by atoms with E-state index in [1.165, 1.54) is 5.56 Å². The summed E-state index contributed by atoms with van der Waals surface area (Å²) in [6.07, 6.45) is 0. The fourth-order valence-corrected chi connectivity index (χ4v) is 1.13. The highest BCUT2D eigenvalue weighted by Gasteiger charge is 2.02. The molecule has 0 aliphatic heterocycles. The summed E-state index contributed by atoms with van der Waals surface area (Å²) < 4.78 is 0. The van der Waals surface area contributed by atoms with Crippen molar-refractivity contribution in [1.29, 1.82) is 0 Å². The van der Waals surface area contributed by atoms with Crippen LogP contribution in [0.4, 0.5) is 0 Å². The first kappa shape index (κ1) is 9.58. The lowest BCUT2D eigenvalue weighted by Crippen LogP contribution is -2.15. The first-order valence-corrected chi connectivity index (χ1v) is 4.29. The molecule has 4 N–H and O–H groups in total. The highest BCUT2D eigenvalue weighted by atomic mass is 15.1. The summed E-state index contributed by atoms with van der Waals surface area (Å²) in [6, 6.07) is 7.94. The van der Waals surface area contributed by atoms with Crippen molar-refractivity contribution in [1.82, 2.24) is 0 Å². The van der Waals surface area contributed by atoms with E-state index in [-0.39, 0.29) is 0 Å². The molecule has 0 amide bonds. The Bertz CT molecular complexity index is 316. The predicted molar refractivity (Wildman–Crippen MR) is 55.4 cm³/mol. The smallest absolute Gasteiger partial charge is 0.150 e. The molecule has 0 saturated carbocycles. The Morgan fingerprint density at radius 3 is 2.62 bits per heavy atom. The van der Waals surface area contributed by atoms with Crippen molar-refractivity contribution in [2.45, 2.75) is 19.8 Å². The van der Waals surface area contributed by atoms with Crippen molar-refractivity contribution in [2.75, 3.05) is 0 Å². The predicted octanol–water partition coefficient (Wildman–Crippen LogP) is 1.39. The number of nitrogens with two attached hydrogens (primary N) is 2. The van der Waals surface area contributed by atoms with E-state index in [9.17, 15) is 0 Å². The van der Waals surface area contributed by atoms with Crippen LogP contribution < -0.4 is 11.6 Å². The second-order valence-corrected chi connectivity index (χ2v) is 3.29. The van der Waals surface area contributed by atoms with Crippen LogP contribution in [0, 0.1) is 0 Å². The molecule has 0 fully saturated rings. The first-order valence-electron chi connectivity index (χ1n) is 4.29. The van der Waals surface area contributed by atoms with E-state index in [1.807, 2.05) is 18.2 Å². The monoisotopic (exact) mass is 177 g/mol. The minimum Gasteiger partial charge on any atom is -0.382 e. The number of hydrogen-bond acceptors (Lipinski definition) is 2. The number of hydrogen-bond donors (Lipinski definition) is 2. The van der Waals surface area contributed by atoms with Gasteiger partial charge in [-0.25, -0.2) is 0 Å². The molecule has 1 aromatic carbocycles. The number of rotatable bonds is 2. The molecule has 0 spiro atoms. The van der Waals surface area contributed by atoms with Crippen LogP contribution in [0.15, 0.2) is 29.4 Å². The molecule has 13 heavy (non-hydrogen) atoms. The van der Waals surface area contributed by atoms with Crippen molar-refractivity contribution in [3.8, 4) is 0 Å². The number of amidine groups is 1. The molecular weight excluding hydrogens is 162 g/mol. The Kier molecular flexibility index (Phi) is 2.90. The van der Waals surface area contributed by atoms with E-state index in [0.29, 0.717) is 11.8 Å². The van der Waals surface area contributed by atoms with Crippen LogP contribution in [0.2, 0.25) is 0 Å². The number of nitrogens with zero attached hydrogens (tertiary/aromatic N) is 1. The quantitative estimate of drug-likeness (QED) is 0.310. The minimum absolute atomic E-state index is 0.377. The van der Waals surface area contributed by atoms with Crippen LogP contribution >= 0.6 is 0 Å². The van der Waals surface area contributed by atoms with Gasteiger partial charge in [0.25, 0.3) is 0 Å². The van der Waals surface area contributed by atoms with Gasteiger partial charge in [-0.05, 0) is 17.5 Å². The van der Waals surface area contributed by atoms with Crippen LogP contribution in [-0.4, -0.2) is 5.84 Å². The first-order chi connectivity index (χ1) is 6.15. The summed E-state index contributed by atoms with van der Waals surface area (Å²) in [5, 5.41) is 3.45. The minimum atomic E-state index is 0.377. The molecule has 0 saturated heterocycles. The van der Waals surface area contributed by atoms with Gasteiger partial charge in [0.05, 0.1) is 0 Å². The van der Waals surface area contributed by atoms with Gasteiger partial charge in [0.2, 0.25) is 0 Å². The van der Waals surface area contributed by atoms with Gasteiger partial charge in [0.15, 0.2) is 0 Å². The maximum Gasteiger partial charge on any atom is 0.150 e. The van der Waals surface area contributed by atoms with E-state index in [2.05, 4.69) is 25.0 Å². The Hall–Kier alpha value is -1.51. The zero-order valence-electron chi connectivity index (χ0n) is 7.99. The molecule has 0 atom stereocenters. The van der Waals surface area contributed by atoms with Gasteiger partial charge in [-0.2, -0.15) is 5.10 Å². The van der Waals surface area contributed by atoms with Gasteiger partial charge < -0.3 is 11.6 Å². The summed E-state index contributed by atoms with van der Waals surface area (Å²) in [5.41, 5.74) is 7.71. The normalized spacial score (nSPS) is 12.1. The third-order valence-corrected chi connectivity index (χ3v) is 1.99. The molecule has 0 bridgehead atoms. The molecule has 0 heterocycles. The fraction of sp³-hybridized carbons (Fsp3) is 0.300. The molecule has 0 aliphatic rings. The average molecular weight is 177 g/mol. The summed E-state index contributed by atoms with van der Waals surface area (Å²) in [4.78, 5) is 0. The molecule has 1 aromatic rings.